The third kappa shape index (κ3) is 11.2. The molecular weight excluding hydrogens is 464 g/mol. The zero-order valence-electron chi connectivity index (χ0n) is 26.0. The third-order valence-corrected chi connectivity index (χ3v) is 9.08. The molecule has 216 valence electrons. The SMILES string of the molecule is Cc1c(CC[C@@H](C)CCC[C@H](C)CCC[C@H](C)CCC[C@@H](C)CCCC(C)C)c(O)c2ccccc2c1O. The summed E-state index contributed by atoms with van der Waals surface area (Å²) in [7, 11) is 0. The Bertz CT molecular complexity index is 931. The van der Waals surface area contributed by atoms with Gasteiger partial charge in [0.25, 0.3) is 0 Å². The van der Waals surface area contributed by atoms with Crippen LogP contribution < -0.4 is 0 Å². The molecule has 2 heteroatoms. The lowest BCUT2D eigenvalue weighted by molar-refractivity contribution is 0.365. The molecule has 0 unspecified atom stereocenters. The van der Waals surface area contributed by atoms with E-state index >= 15 is 0 Å². The Morgan fingerprint density at radius 1 is 0.526 bits per heavy atom. The minimum absolute atomic E-state index is 0.316. The van der Waals surface area contributed by atoms with Crippen LogP contribution in [-0.4, -0.2) is 10.2 Å². The molecule has 2 aromatic carbocycles. The summed E-state index contributed by atoms with van der Waals surface area (Å²) in [6, 6.07) is 7.60. The average Bonchev–Trinajstić information content (AvgIpc) is 2.87. The summed E-state index contributed by atoms with van der Waals surface area (Å²) in [6.45, 7) is 16.3. The molecule has 0 saturated heterocycles. The zero-order chi connectivity index (χ0) is 28.1. The van der Waals surface area contributed by atoms with E-state index in [-0.39, 0.29) is 0 Å². The fourth-order valence-electron chi connectivity index (χ4n) is 6.17. The van der Waals surface area contributed by atoms with Gasteiger partial charge in [-0.3, -0.25) is 0 Å². The molecule has 0 aliphatic rings. The van der Waals surface area contributed by atoms with E-state index in [0.717, 1.165) is 58.4 Å². The highest BCUT2D eigenvalue weighted by atomic mass is 16.3. The van der Waals surface area contributed by atoms with Crippen LogP contribution >= 0.6 is 0 Å². The molecule has 2 nitrogen and oxygen atoms in total. The van der Waals surface area contributed by atoms with Gasteiger partial charge in [-0.2, -0.15) is 0 Å². The van der Waals surface area contributed by atoms with Crippen molar-refractivity contribution in [2.45, 2.75) is 138 Å². The Morgan fingerprint density at radius 2 is 0.895 bits per heavy atom. The van der Waals surface area contributed by atoms with Gasteiger partial charge in [0.05, 0.1) is 0 Å². The average molecular weight is 525 g/mol. The van der Waals surface area contributed by atoms with Gasteiger partial charge in [0.1, 0.15) is 11.5 Å². The van der Waals surface area contributed by atoms with Crippen LogP contribution in [0, 0.1) is 36.5 Å². The molecule has 0 amide bonds. The zero-order valence-corrected chi connectivity index (χ0v) is 26.0. The normalized spacial score (nSPS) is 15.2. The minimum Gasteiger partial charge on any atom is -0.507 e. The Morgan fingerprint density at radius 3 is 1.32 bits per heavy atom. The molecule has 2 rings (SSSR count). The third-order valence-electron chi connectivity index (χ3n) is 9.08. The fraction of sp³-hybridized carbons (Fsp3) is 0.722. The number of hydrogen-bond acceptors (Lipinski definition) is 2. The summed E-state index contributed by atoms with van der Waals surface area (Å²) in [5.41, 5.74) is 1.74. The van der Waals surface area contributed by atoms with Crippen LogP contribution in [0.4, 0.5) is 0 Å². The van der Waals surface area contributed by atoms with Gasteiger partial charge in [0.2, 0.25) is 0 Å². The van der Waals surface area contributed by atoms with Crippen LogP contribution in [0.25, 0.3) is 10.8 Å². The maximum atomic E-state index is 10.8. The number of hydrogen-bond donors (Lipinski definition) is 2. The molecule has 0 fully saturated rings. The van der Waals surface area contributed by atoms with Crippen molar-refractivity contribution in [3.05, 3.63) is 35.4 Å². The van der Waals surface area contributed by atoms with Crippen molar-refractivity contribution < 1.29 is 10.2 Å². The Hall–Kier alpha value is -1.70. The molecule has 0 aromatic heterocycles. The molecule has 0 heterocycles. The number of benzene rings is 2. The van der Waals surface area contributed by atoms with Crippen LogP contribution in [0.3, 0.4) is 0 Å². The van der Waals surface area contributed by atoms with Crippen LogP contribution in [0.15, 0.2) is 24.3 Å². The summed E-state index contributed by atoms with van der Waals surface area (Å²) >= 11 is 0. The van der Waals surface area contributed by atoms with E-state index in [9.17, 15) is 10.2 Å². The van der Waals surface area contributed by atoms with Crippen molar-refractivity contribution in [3.8, 4) is 11.5 Å². The highest BCUT2D eigenvalue weighted by Gasteiger charge is 2.17. The van der Waals surface area contributed by atoms with Crippen molar-refractivity contribution in [2.75, 3.05) is 0 Å². The lowest BCUT2D eigenvalue weighted by atomic mass is 9.89. The van der Waals surface area contributed by atoms with Crippen molar-refractivity contribution in [3.63, 3.8) is 0 Å². The largest absolute Gasteiger partial charge is 0.507 e. The fourth-order valence-corrected chi connectivity index (χ4v) is 6.17. The molecule has 0 spiro atoms. The highest BCUT2D eigenvalue weighted by Crippen LogP contribution is 2.40. The molecule has 2 N–H and O–H groups in total. The number of fused-ring (bicyclic) bond motifs is 1. The number of phenolic OH excluding ortho intramolecular Hbond substituents is 2. The molecule has 0 aliphatic heterocycles. The lowest BCUT2D eigenvalue weighted by Crippen LogP contribution is -2.03. The molecule has 4 atom stereocenters. The summed E-state index contributed by atoms with van der Waals surface area (Å²) < 4.78 is 0. The molecule has 0 aliphatic carbocycles. The van der Waals surface area contributed by atoms with Gasteiger partial charge in [0, 0.05) is 16.3 Å². The number of aromatic hydroxyl groups is 2. The van der Waals surface area contributed by atoms with Gasteiger partial charge in [-0.05, 0) is 54.9 Å². The first-order valence-corrected chi connectivity index (χ1v) is 16.0. The van der Waals surface area contributed by atoms with E-state index in [1.807, 2.05) is 31.2 Å². The second kappa shape index (κ2) is 17.1. The smallest absolute Gasteiger partial charge is 0.127 e. The molecular formula is C36H60O2. The van der Waals surface area contributed by atoms with Gasteiger partial charge in [-0.1, -0.05) is 143 Å². The van der Waals surface area contributed by atoms with Gasteiger partial charge >= 0.3 is 0 Å². The van der Waals surface area contributed by atoms with Crippen LogP contribution in [-0.2, 0) is 6.42 Å². The predicted molar refractivity (Wildman–Crippen MR) is 167 cm³/mol. The van der Waals surface area contributed by atoms with E-state index in [1.54, 1.807) is 0 Å². The first-order chi connectivity index (χ1) is 18.1. The number of rotatable bonds is 19. The summed E-state index contributed by atoms with van der Waals surface area (Å²) in [5.74, 6) is 4.74. The van der Waals surface area contributed by atoms with Crippen LogP contribution in [0.1, 0.15) is 136 Å². The van der Waals surface area contributed by atoms with Gasteiger partial charge in [-0.15, -0.1) is 0 Å². The molecule has 0 saturated carbocycles. The second-order valence-electron chi connectivity index (χ2n) is 13.4. The molecule has 38 heavy (non-hydrogen) atoms. The summed E-state index contributed by atoms with van der Waals surface area (Å²) in [5, 5.41) is 23.0. The standard InChI is InChI=1S/C36H60O2/c1-26(2)14-10-15-27(3)16-11-17-28(4)18-12-19-29(5)20-13-21-30(6)24-25-32-31(7)35(37)33-22-8-9-23-34(33)36(32)38/h8-9,22-23,26-30,37-38H,10-21,24-25H2,1-7H3/t27-,28+,29+,30-/m0/s1. The summed E-state index contributed by atoms with van der Waals surface area (Å²) in [4.78, 5) is 0. The Kier molecular flexibility index (Phi) is 14.6. The quantitative estimate of drug-likeness (QED) is 0.179. The van der Waals surface area contributed by atoms with Crippen molar-refractivity contribution in [2.24, 2.45) is 29.6 Å². The highest BCUT2D eigenvalue weighted by molar-refractivity contribution is 5.95. The summed E-state index contributed by atoms with van der Waals surface area (Å²) in [6.07, 6.45) is 18.3. The Labute approximate surface area is 235 Å². The first kappa shape index (κ1) is 32.5. The molecule has 2 aromatic rings. The van der Waals surface area contributed by atoms with Crippen LogP contribution in [0.2, 0.25) is 0 Å². The molecule has 0 radical (unpaired) electrons. The molecule has 0 bridgehead atoms. The maximum absolute atomic E-state index is 10.8. The second-order valence-corrected chi connectivity index (χ2v) is 13.4. The van der Waals surface area contributed by atoms with E-state index in [2.05, 4.69) is 41.5 Å². The van der Waals surface area contributed by atoms with Crippen molar-refractivity contribution in [1.82, 2.24) is 0 Å². The first-order valence-electron chi connectivity index (χ1n) is 16.0. The van der Waals surface area contributed by atoms with Gasteiger partial charge < -0.3 is 10.2 Å². The number of phenols is 2. The topological polar surface area (TPSA) is 40.5 Å². The van der Waals surface area contributed by atoms with E-state index < -0.39 is 0 Å². The van der Waals surface area contributed by atoms with Crippen molar-refractivity contribution in [1.29, 1.82) is 0 Å². The van der Waals surface area contributed by atoms with Crippen molar-refractivity contribution >= 4 is 10.8 Å². The monoisotopic (exact) mass is 524 g/mol. The van der Waals surface area contributed by atoms with E-state index in [0.29, 0.717) is 17.4 Å². The van der Waals surface area contributed by atoms with Crippen LogP contribution in [0.5, 0.6) is 11.5 Å². The Balaban J connectivity index is 1.58. The van der Waals surface area contributed by atoms with E-state index in [4.69, 9.17) is 0 Å². The minimum atomic E-state index is 0.316. The van der Waals surface area contributed by atoms with Gasteiger partial charge in [-0.25, -0.2) is 0 Å². The lowest BCUT2D eigenvalue weighted by Gasteiger charge is -2.18. The van der Waals surface area contributed by atoms with Gasteiger partial charge in [0.15, 0.2) is 0 Å². The predicted octanol–water partition coefficient (Wildman–Crippen LogP) is 11.4. The maximum Gasteiger partial charge on any atom is 0.127 e. The van der Waals surface area contributed by atoms with E-state index in [1.165, 1.54) is 77.0 Å².